The highest BCUT2D eigenvalue weighted by Gasteiger charge is 2.28. The molecule has 0 unspecified atom stereocenters. The summed E-state index contributed by atoms with van der Waals surface area (Å²) in [7, 11) is 0. The molecule has 0 saturated heterocycles. The van der Waals surface area contributed by atoms with Gasteiger partial charge < -0.3 is 5.11 Å². The van der Waals surface area contributed by atoms with E-state index < -0.39 is 0 Å². The second kappa shape index (κ2) is 4.87. The van der Waals surface area contributed by atoms with Crippen LogP contribution in [0.15, 0.2) is 18.2 Å². The Kier molecular flexibility index (Phi) is 3.77. The van der Waals surface area contributed by atoms with E-state index in [0.29, 0.717) is 15.6 Å². The van der Waals surface area contributed by atoms with E-state index in [1.807, 2.05) is 32.2 Å². The summed E-state index contributed by atoms with van der Waals surface area (Å²) < 4.78 is 1.75. The van der Waals surface area contributed by atoms with Crippen LogP contribution in [0.5, 0.6) is 5.88 Å². The van der Waals surface area contributed by atoms with Crippen molar-refractivity contribution in [1.82, 2.24) is 4.57 Å². The minimum Gasteiger partial charge on any atom is -0.494 e. The van der Waals surface area contributed by atoms with Crippen LogP contribution in [0.4, 0.5) is 0 Å². The van der Waals surface area contributed by atoms with Crippen LogP contribution in [-0.4, -0.2) is 21.7 Å². The molecule has 2 aromatic rings. The topological polar surface area (TPSA) is 25.2 Å². The molecular weight excluding hydrogens is 289 g/mol. The second-order valence-corrected chi connectivity index (χ2v) is 6.49. The number of fused-ring (bicyclic) bond motifs is 1. The number of hydrogen-bond acceptors (Lipinski definition) is 2. The Morgan fingerprint density at radius 1 is 1.33 bits per heavy atom. The summed E-state index contributed by atoms with van der Waals surface area (Å²) in [6.07, 6.45) is 2.03. The zero-order chi connectivity index (χ0) is 13.5. The minimum absolute atomic E-state index is 0.139. The first-order valence-electron chi connectivity index (χ1n) is 5.57. The maximum Gasteiger partial charge on any atom is 0.202 e. The molecule has 1 aromatic carbocycles. The van der Waals surface area contributed by atoms with Gasteiger partial charge in [-0.2, -0.15) is 11.8 Å². The highest BCUT2D eigenvalue weighted by molar-refractivity contribution is 7.98. The first-order chi connectivity index (χ1) is 8.40. The predicted octanol–water partition coefficient (Wildman–Crippen LogP) is 4.75. The monoisotopic (exact) mass is 303 g/mol. The van der Waals surface area contributed by atoms with Crippen LogP contribution in [0.1, 0.15) is 13.8 Å². The van der Waals surface area contributed by atoms with Gasteiger partial charge in [0.25, 0.3) is 0 Å². The van der Waals surface area contributed by atoms with E-state index in [4.69, 9.17) is 23.2 Å². The van der Waals surface area contributed by atoms with Crippen LogP contribution in [-0.2, 0) is 5.54 Å². The van der Waals surface area contributed by atoms with Gasteiger partial charge in [0, 0.05) is 11.1 Å². The molecule has 0 bridgehead atoms. The summed E-state index contributed by atoms with van der Waals surface area (Å²) in [5.74, 6) is 0.985. The van der Waals surface area contributed by atoms with Gasteiger partial charge >= 0.3 is 0 Å². The molecule has 1 N–H and O–H groups in total. The van der Waals surface area contributed by atoms with E-state index in [-0.39, 0.29) is 11.4 Å². The molecule has 98 valence electrons. The van der Waals surface area contributed by atoms with E-state index in [9.17, 15) is 5.11 Å². The van der Waals surface area contributed by atoms with Crippen LogP contribution in [0.3, 0.4) is 0 Å². The van der Waals surface area contributed by atoms with Crippen LogP contribution < -0.4 is 0 Å². The quantitative estimate of drug-likeness (QED) is 0.885. The Morgan fingerprint density at radius 3 is 2.56 bits per heavy atom. The zero-order valence-electron chi connectivity index (χ0n) is 10.5. The molecule has 1 heterocycles. The molecule has 5 heteroatoms. The van der Waals surface area contributed by atoms with Crippen molar-refractivity contribution in [2.24, 2.45) is 0 Å². The van der Waals surface area contributed by atoms with E-state index in [1.54, 1.807) is 22.4 Å². The number of aromatic hydroxyl groups is 1. The zero-order valence-corrected chi connectivity index (χ0v) is 12.8. The lowest BCUT2D eigenvalue weighted by Gasteiger charge is -2.27. The van der Waals surface area contributed by atoms with Crippen molar-refractivity contribution < 1.29 is 5.11 Å². The van der Waals surface area contributed by atoms with Crippen molar-refractivity contribution >= 4 is 45.7 Å². The average Bonchev–Trinajstić information content (AvgIpc) is 2.53. The molecule has 0 radical (unpaired) electrons. The fourth-order valence-corrected chi connectivity index (χ4v) is 3.78. The number of halogens is 2. The third-order valence-corrected chi connectivity index (χ3v) is 4.65. The molecule has 0 spiro atoms. The second-order valence-electron chi connectivity index (χ2n) is 4.86. The molecule has 0 aliphatic rings. The number of benzene rings is 1. The third-order valence-electron chi connectivity index (χ3n) is 2.97. The smallest absolute Gasteiger partial charge is 0.202 e. The van der Waals surface area contributed by atoms with Gasteiger partial charge in [0.1, 0.15) is 5.15 Å². The van der Waals surface area contributed by atoms with Gasteiger partial charge in [-0.05, 0) is 26.2 Å². The highest BCUT2D eigenvalue weighted by Crippen LogP contribution is 2.43. The Morgan fingerprint density at radius 2 is 2.00 bits per heavy atom. The maximum absolute atomic E-state index is 10.4. The third kappa shape index (κ3) is 2.09. The highest BCUT2D eigenvalue weighted by atomic mass is 35.5. The number of hydrogen-bond donors (Lipinski definition) is 1. The molecular formula is C13H15Cl2NOS. The van der Waals surface area contributed by atoms with Gasteiger partial charge in [-0.3, -0.25) is 4.57 Å². The molecule has 18 heavy (non-hydrogen) atoms. The molecule has 2 rings (SSSR count). The van der Waals surface area contributed by atoms with Gasteiger partial charge in [0.05, 0.1) is 15.9 Å². The van der Waals surface area contributed by atoms with Crippen molar-refractivity contribution in [1.29, 1.82) is 0 Å². The van der Waals surface area contributed by atoms with Gasteiger partial charge in [0.2, 0.25) is 5.88 Å². The first-order valence-corrected chi connectivity index (χ1v) is 7.72. The standard InChI is InChI=1S/C13H15Cl2NOS/c1-13(2,7-18-3)16-11(15)8-5-4-6-9(14)10(8)12(16)17/h4-6,17H,7H2,1-3H3. The van der Waals surface area contributed by atoms with Crippen molar-refractivity contribution in [2.45, 2.75) is 19.4 Å². The average molecular weight is 304 g/mol. The number of rotatable bonds is 3. The van der Waals surface area contributed by atoms with Gasteiger partial charge in [-0.25, -0.2) is 0 Å². The maximum atomic E-state index is 10.4. The summed E-state index contributed by atoms with van der Waals surface area (Å²) in [5.41, 5.74) is -0.275. The Hall–Kier alpha value is -0.510. The molecule has 1 aromatic heterocycles. The van der Waals surface area contributed by atoms with Crippen LogP contribution in [0, 0.1) is 0 Å². The lowest BCUT2D eigenvalue weighted by molar-refractivity contribution is 0.335. The molecule has 0 saturated carbocycles. The Bertz CT molecular complexity index is 592. The summed E-state index contributed by atoms with van der Waals surface area (Å²) >= 11 is 14.2. The Labute approximate surface area is 121 Å². The SMILES string of the molecule is CSCC(C)(C)n1c(Cl)c2cccc(Cl)c2c1O. The fourth-order valence-electron chi connectivity index (χ4n) is 2.22. The number of nitrogens with zero attached hydrogens (tertiary/aromatic N) is 1. The molecule has 0 atom stereocenters. The molecule has 2 nitrogen and oxygen atoms in total. The van der Waals surface area contributed by atoms with Gasteiger partial charge in [-0.1, -0.05) is 35.3 Å². The van der Waals surface area contributed by atoms with Crippen molar-refractivity contribution in [3.05, 3.63) is 28.4 Å². The van der Waals surface area contributed by atoms with Crippen molar-refractivity contribution in [3.63, 3.8) is 0 Å². The molecule has 0 fully saturated rings. The lowest BCUT2D eigenvalue weighted by atomic mass is 10.1. The summed E-state index contributed by atoms with van der Waals surface area (Å²) in [4.78, 5) is 0. The predicted molar refractivity (Wildman–Crippen MR) is 81.3 cm³/mol. The van der Waals surface area contributed by atoms with E-state index in [0.717, 1.165) is 11.1 Å². The molecule has 0 aliphatic carbocycles. The minimum atomic E-state index is -0.275. The summed E-state index contributed by atoms with van der Waals surface area (Å²) in [6, 6.07) is 5.46. The first kappa shape index (κ1) is 13.9. The van der Waals surface area contributed by atoms with Crippen LogP contribution in [0.25, 0.3) is 10.8 Å². The van der Waals surface area contributed by atoms with Gasteiger partial charge in [-0.15, -0.1) is 0 Å². The number of thioether (sulfide) groups is 1. The van der Waals surface area contributed by atoms with Crippen LogP contribution in [0.2, 0.25) is 10.2 Å². The van der Waals surface area contributed by atoms with Crippen molar-refractivity contribution in [3.8, 4) is 5.88 Å². The van der Waals surface area contributed by atoms with E-state index in [2.05, 4.69) is 0 Å². The number of aromatic nitrogens is 1. The van der Waals surface area contributed by atoms with E-state index >= 15 is 0 Å². The summed E-state index contributed by atoms with van der Waals surface area (Å²) in [5, 5.41) is 12.9. The van der Waals surface area contributed by atoms with Gasteiger partial charge in [0.15, 0.2) is 0 Å². The summed E-state index contributed by atoms with van der Waals surface area (Å²) in [6.45, 7) is 4.09. The van der Waals surface area contributed by atoms with Crippen LogP contribution >= 0.6 is 35.0 Å². The van der Waals surface area contributed by atoms with Crippen molar-refractivity contribution in [2.75, 3.05) is 12.0 Å². The van der Waals surface area contributed by atoms with E-state index in [1.165, 1.54) is 0 Å². The molecule has 0 aliphatic heterocycles. The fraction of sp³-hybridized carbons (Fsp3) is 0.385. The molecule has 0 amide bonds. The Balaban J connectivity index is 2.77. The largest absolute Gasteiger partial charge is 0.494 e. The lowest BCUT2D eigenvalue weighted by Crippen LogP contribution is -2.28. The normalized spacial score (nSPS) is 12.3.